The van der Waals surface area contributed by atoms with Gasteiger partial charge in [0.1, 0.15) is 0 Å². The van der Waals surface area contributed by atoms with Crippen LogP contribution in [0.2, 0.25) is 0 Å². The maximum absolute atomic E-state index is 15.6. The van der Waals surface area contributed by atoms with E-state index in [0.717, 1.165) is 150 Å². The van der Waals surface area contributed by atoms with Crippen molar-refractivity contribution in [3.8, 4) is 0 Å². The molecule has 0 saturated heterocycles. The first-order valence-electron chi connectivity index (χ1n) is 24.7. The van der Waals surface area contributed by atoms with E-state index in [1.165, 1.54) is 70.2 Å². The van der Waals surface area contributed by atoms with Gasteiger partial charge in [0.25, 0.3) is 23.6 Å². The molecule has 0 aromatic heterocycles. The highest BCUT2D eigenvalue weighted by Crippen LogP contribution is 2.52. The van der Waals surface area contributed by atoms with Crippen LogP contribution in [0.1, 0.15) is 230 Å². The molecule has 2 aliphatic heterocycles. The summed E-state index contributed by atoms with van der Waals surface area (Å²) in [5.41, 5.74) is 12.4. The van der Waals surface area contributed by atoms with Crippen LogP contribution in [0.25, 0.3) is 32.3 Å². The van der Waals surface area contributed by atoms with Crippen molar-refractivity contribution < 1.29 is 19.2 Å². The maximum atomic E-state index is 15.6. The summed E-state index contributed by atoms with van der Waals surface area (Å²) in [5.74, 6) is -0.957. The smallest absolute Gasteiger partial charge is 0.262 e. The molecule has 2 aliphatic carbocycles. The van der Waals surface area contributed by atoms with Crippen molar-refractivity contribution in [1.29, 1.82) is 0 Å². The molecule has 6 heteroatoms. The average molecular weight is 811 g/mol. The van der Waals surface area contributed by atoms with E-state index in [9.17, 15) is 0 Å². The minimum absolute atomic E-state index is 0.239. The second-order valence-electron chi connectivity index (χ2n) is 18.5. The Morgan fingerprint density at radius 2 is 0.583 bits per heavy atom. The van der Waals surface area contributed by atoms with Crippen molar-refractivity contribution in [2.24, 2.45) is 0 Å². The molecule has 320 valence electrons. The Morgan fingerprint density at radius 1 is 0.333 bits per heavy atom. The SMILES string of the molecule is CCCCCCCCN1C(=O)c2c3c(CC)c4c(c(CC)c3c3c5c(c6c(CC)c7c(c(CC)c6c(c25)C1=O)CCCC7)C(=O)N(CCCCCCCC)C3=O)CCCC4. The van der Waals surface area contributed by atoms with Gasteiger partial charge in [-0.15, -0.1) is 0 Å². The predicted molar refractivity (Wildman–Crippen MR) is 247 cm³/mol. The third-order valence-electron chi connectivity index (χ3n) is 15.1. The summed E-state index contributed by atoms with van der Waals surface area (Å²) in [4.78, 5) is 65.6. The van der Waals surface area contributed by atoms with Crippen LogP contribution in [0.5, 0.6) is 0 Å². The van der Waals surface area contributed by atoms with Crippen molar-refractivity contribution in [3.63, 3.8) is 0 Å². The molecule has 4 aromatic carbocycles. The van der Waals surface area contributed by atoms with E-state index < -0.39 is 0 Å². The second-order valence-corrected chi connectivity index (χ2v) is 18.5. The van der Waals surface area contributed by atoms with Crippen LogP contribution in [0.3, 0.4) is 0 Å². The van der Waals surface area contributed by atoms with Crippen molar-refractivity contribution in [2.75, 3.05) is 13.1 Å². The highest BCUT2D eigenvalue weighted by Gasteiger charge is 2.46. The highest BCUT2D eigenvalue weighted by atomic mass is 16.2. The number of unbranched alkanes of at least 4 members (excludes halogenated alkanes) is 10. The van der Waals surface area contributed by atoms with E-state index in [-0.39, 0.29) is 23.6 Å². The van der Waals surface area contributed by atoms with Gasteiger partial charge in [0.2, 0.25) is 0 Å². The standard InChI is InChI=1S/C54H70N2O4/c1-7-13-15-17-19-25-31-55-51(57)47-41-33(9-3)37-27-21-23-29-39(37)35(11-5)43(41)49-46-45(47)48(52(55)58)42-34(10-4)38-28-22-24-30-40(38)36(12-6)44(42)50(46)54(60)56(53(49)59)32-26-20-18-16-14-8-2/h7-32H2,1-6H3. The number of hydrogen-bond acceptors (Lipinski definition) is 4. The van der Waals surface area contributed by atoms with Crippen LogP contribution in [-0.4, -0.2) is 46.5 Å². The van der Waals surface area contributed by atoms with Gasteiger partial charge in [-0.25, -0.2) is 0 Å². The zero-order chi connectivity index (χ0) is 42.2. The zero-order valence-corrected chi connectivity index (χ0v) is 37.9. The molecule has 0 N–H and O–H groups in total. The Bertz CT molecular complexity index is 2090. The number of carbonyl (C=O) groups excluding carboxylic acids is 4. The molecule has 4 amide bonds. The summed E-state index contributed by atoms with van der Waals surface area (Å²) in [6, 6.07) is 0. The molecule has 0 atom stereocenters. The van der Waals surface area contributed by atoms with E-state index >= 15 is 19.2 Å². The molecule has 4 aromatic rings. The molecule has 8 rings (SSSR count). The Kier molecular flexibility index (Phi) is 12.9. The van der Waals surface area contributed by atoms with Gasteiger partial charge < -0.3 is 0 Å². The van der Waals surface area contributed by atoms with Gasteiger partial charge in [0, 0.05) is 23.9 Å². The summed E-state index contributed by atoms with van der Waals surface area (Å²) in [6.45, 7) is 14.0. The number of nitrogens with zero attached hydrogens (tertiary/aromatic N) is 2. The number of aryl methyl sites for hydroxylation is 4. The summed E-state index contributed by atoms with van der Waals surface area (Å²) >= 11 is 0. The van der Waals surface area contributed by atoms with Crippen molar-refractivity contribution in [3.05, 3.63) is 66.8 Å². The van der Waals surface area contributed by atoms with Crippen LogP contribution in [0.4, 0.5) is 0 Å². The highest BCUT2D eigenvalue weighted by molar-refractivity contribution is 6.44. The maximum Gasteiger partial charge on any atom is 0.262 e. The first-order valence-corrected chi connectivity index (χ1v) is 24.7. The first kappa shape index (κ1) is 42.6. The number of carbonyl (C=O) groups is 4. The topological polar surface area (TPSA) is 74.8 Å². The van der Waals surface area contributed by atoms with Crippen LogP contribution >= 0.6 is 0 Å². The fourth-order valence-electron chi connectivity index (χ4n) is 12.4. The van der Waals surface area contributed by atoms with Crippen molar-refractivity contribution >= 4 is 55.9 Å². The van der Waals surface area contributed by atoms with Crippen LogP contribution < -0.4 is 0 Å². The Balaban J connectivity index is 1.54. The van der Waals surface area contributed by atoms with Gasteiger partial charge in [-0.3, -0.25) is 29.0 Å². The molecule has 2 heterocycles. The molecule has 0 radical (unpaired) electrons. The number of imide groups is 2. The minimum Gasteiger partial charge on any atom is -0.274 e. The van der Waals surface area contributed by atoms with Crippen LogP contribution in [-0.2, 0) is 51.4 Å². The predicted octanol–water partition coefficient (Wildman–Crippen LogP) is 13.1. The normalized spacial score (nSPS) is 16.2. The molecule has 0 bridgehead atoms. The van der Waals surface area contributed by atoms with Gasteiger partial charge in [-0.1, -0.05) is 106 Å². The summed E-state index contributed by atoms with van der Waals surface area (Å²) < 4.78 is 0. The number of amides is 4. The molecule has 0 saturated carbocycles. The minimum atomic E-state index is -0.239. The number of fused-ring (bicyclic) bond motifs is 8. The van der Waals surface area contributed by atoms with Gasteiger partial charge in [-0.2, -0.15) is 0 Å². The molecular formula is C54H70N2O4. The molecule has 4 aliphatic rings. The third kappa shape index (κ3) is 6.72. The molecule has 60 heavy (non-hydrogen) atoms. The average Bonchev–Trinajstić information content (AvgIpc) is 3.26. The zero-order valence-electron chi connectivity index (χ0n) is 37.9. The fourth-order valence-corrected chi connectivity index (χ4v) is 12.4. The van der Waals surface area contributed by atoms with E-state index in [1.807, 2.05) is 0 Å². The summed E-state index contributed by atoms with van der Waals surface area (Å²) in [5, 5.41) is 4.75. The van der Waals surface area contributed by atoms with Gasteiger partial charge in [-0.05, 0) is 156 Å². The Hall–Kier alpha value is -4.06. The summed E-state index contributed by atoms with van der Waals surface area (Å²) in [6.07, 6.45) is 23.9. The largest absolute Gasteiger partial charge is 0.274 e. The van der Waals surface area contributed by atoms with Crippen molar-refractivity contribution in [2.45, 2.75) is 196 Å². The second kappa shape index (κ2) is 18.1. The van der Waals surface area contributed by atoms with Gasteiger partial charge in [0.15, 0.2) is 0 Å². The third-order valence-corrected chi connectivity index (χ3v) is 15.1. The van der Waals surface area contributed by atoms with Crippen LogP contribution in [0, 0.1) is 0 Å². The molecule has 0 spiro atoms. The fraction of sp³-hybridized carbons (Fsp3) is 0.593. The lowest BCUT2D eigenvalue weighted by molar-refractivity contribution is 0.0589. The first-order chi connectivity index (χ1) is 29.3. The quantitative estimate of drug-likeness (QED) is 0.0570. The monoisotopic (exact) mass is 811 g/mol. The molecule has 0 fully saturated rings. The van der Waals surface area contributed by atoms with Gasteiger partial charge >= 0.3 is 0 Å². The van der Waals surface area contributed by atoms with E-state index in [2.05, 4.69) is 41.5 Å². The van der Waals surface area contributed by atoms with E-state index in [0.29, 0.717) is 46.1 Å². The summed E-state index contributed by atoms with van der Waals surface area (Å²) in [7, 11) is 0. The molecule has 0 unspecified atom stereocenters. The lowest BCUT2D eigenvalue weighted by Crippen LogP contribution is -2.44. The van der Waals surface area contributed by atoms with E-state index in [1.54, 1.807) is 9.80 Å². The Morgan fingerprint density at radius 3 is 0.833 bits per heavy atom. The van der Waals surface area contributed by atoms with E-state index in [4.69, 9.17) is 0 Å². The lowest BCUT2D eigenvalue weighted by atomic mass is 9.71. The Labute approximate surface area is 359 Å². The molecular weight excluding hydrogens is 741 g/mol. The lowest BCUT2D eigenvalue weighted by Gasteiger charge is -2.38. The number of benzene rings is 4. The molecule has 6 nitrogen and oxygen atoms in total. The van der Waals surface area contributed by atoms with Gasteiger partial charge in [0.05, 0.1) is 22.3 Å². The number of rotatable bonds is 18. The van der Waals surface area contributed by atoms with Crippen molar-refractivity contribution in [1.82, 2.24) is 9.80 Å². The van der Waals surface area contributed by atoms with Crippen LogP contribution in [0.15, 0.2) is 0 Å². The number of hydrogen-bond donors (Lipinski definition) is 0.